The second-order valence-corrected chi connectivity index (χ2v) is 4.75. The van der Waals surface area contributed by atoms with E-state index in [1.54, 1.807) is 18.4 Å². The first-order valence-corrected chi connectivity index (χ1v) is 6.79. The van der Waals surface area contributed by atoms with E-state index in [2.05, 4.69) is 0 Å². The molecule has 0 fully saturated rings. The van der Waals surface area contributed by atoms with Crippen LogP contribution < -0.4 is 0 Å². The summed E-state index contributed by atoms with van der Waals surface area (Å²) in [5, 5.41) is 10.8. The predicted octanol–water partition coefficient (Wildman–Crippen LogP) is 5.03. The van der Waals surface area contributed by atoms with Crippen LogP contribution in [0.2, 0.25) is 0 Å². The van der Waals surface area contributed by atoms with Crippen molar-refractivity contribution >= 4 is 17.8 Å². The number of furan rings is 1. The van der Waals surface area contributed by atoms with Crippen molar-refractivity contribution in [2.24, 2.45) is 0 Å². The summed E-state index contributed by atoms with van der Waals surface area (Å²) >= 11 is 0. The standard InChI is InChI=1S/C18H13NO3/c20-19(21)16-7-3-5-14(13-16)10-11-15-6-1-2-8-17(15)18-9-4-12-22-18/h1-13H/b11-10+. The van der Waals surface area contributed by atoms with Crippen LogP contribution in [0.15, 0.2) is 71.3 Å². The molecule has 1 heterocycles. The van der Waals surface area contributed by atoms with Gasteiger partial charge in [-0.2, -0.15) is 0 Å². The lowest BCUT2D eigenvalue weighted by Crippen LogP contribution is -1.87. The van der Waals surface area contributed by atoms with E-state index in [1.165, 1.54) is 6.07 Å². The summed E-state index contributed by atoms with van der Waals surface area (Å²) < 4.78 is 5.44. The van der Waals surface area contributed by atoms with Crippen molar-refractivity contribution < 1.29 is 9.34 Å². The van der Waals surface area contributed by atoms with Gasteiger partial charge in [-0.3, -0.25) is 10.1 Å². The van der Waals surface area contributed by atoms with Crippen LogP contribution in [-0.2, 0) is 0 Å². The molecular weight excluding hydrogens is 278 g/mol. The molecule has 0 bridgehead atoms. The predicted molar refractivity (Wildman–Crippen MR) is 86.2 cm³/mol. The number of nitrogens with zero attached hydrogens (tertiary/aromatic N) is 1. The minimum Gasteiger partial charge on any atom is -0.464 e. The molecule has 0 N–H and O–H groups in total. The Hall–Kier alpha value is -3.14. The number of hydrogen-bond acceptors (Lipinski definition) is 3. The molecule has 108 valence electrons. The van der Waals surface area contributed by atoms with E-state index in [1.807, 2.05) is 54.6 Å². The SMILES string of the molecule is O=[N+]([O-])c1cccc(/C=C/c2ccccc2-c2ccco2)c1. The number of non-ortho nitro benzene ring substituents is 1. The smallest absolute Gasteiger partial charge is 0.270 e. The minimum absolute atomic E-state index is 0.0847. The Labute approximate surface area is 127 Å². The highest BCUT2D eigenvalue weighted by Crippen LogP contribution is 2.26. The molecule has 0 amide bonds. The third-order valence-electron chi connectivity index (χ3n) is 3.28. The molecule has 0 aliphatic rings. The highest BCUT2D eigenvalue weighted by atomic mass is 16.6. The van der Waals surface area contributed by atoms with Gasteiger partial charge >= 0.3 is 0 Å². The molecule has 0 spiro atoms. The lowest BCUT2D eigenvalue weighted by atomic mass is 10.0. The number of rotatable bonds is 4. The van der Waals surface area contributed by atoms with Crippen molar-refractivity contribution in [2.45, 2.75) is 0 Å². The third-order valence-corrected chi connectivity index (χ3v) is 3.28. The van der Waals surface area contributed by atoms with Gasteiger partial charge < -0.3 is 4.42 Å². The molecule has 3 aromatic rings. The van der Waals surface area contributed by atoms with Gasteiger partial charge in [-0.1, -0.05) is 48.6 Å². The lowest BCUT2D eigenvalue weighted by molar-refractivity contribution is -0.384. The van der Waals surface area contributed by atoms with Crippen LogP contribution in [0.25, 0.3) is 23.5 Å². The average molecular weight is 291 g/mol. The van der Waals surface area contributed by atoms with E-state index in [9.17, 15) is 10.1 Å². The molecule has 4 heteroatoms. The molecule has 0 aliphatic heterocycles. The molecule has 3 rings (SSSR count). The lowest BCUT2D eigenvalue weighted by Gasteiger charge is -2.02. The minimum atomic E-state index is -0.395. The number of nitro groups is 1. The van der Waals surface area contributed by atoms with Gasteiger partial charge in [0, 0.05) is 17.7 Å². The van der Waals surface area contributed by atoms with E-state index in [4.69, 9.17) is 4.42 Å². The molecular formula is C18H13NO3. The first-order valence-electron chi connectivity index (χ1n) is 6.79. The molecule has 1 aromatic heterocycles. The fourth-order valence-corrected chi connectivity index (χ4v) is 2.23. The first-order chi connectivity index (χ1) is 10.7. The molecule has 4 nitrogen and oxygen atoms in total. The molecule has 2 aromatic carbocycles. The van der Waals surface area contributed by atoms with Crippen LogP contribution in [0, 0.1) is 10.1 Å². The highest BCUT2D eigenvalue weighted by Gasteiger charge is 2.06. The van der Waals surface area contributed by atoms with Gasteiger partial charge in [-0.05, 0) is 23.3 Å². The monoisotopic (exact) mass is 291 g/mol. The van der Waals surface area contributed by atoms with Crippen molar-refractivity contribution in [3.8, 4) is 11.3 Å². The fourth-order valence-electron chi connectivity index (χ4n) is 2.23. The number of nitro benzene ring substituents is 1. The van der Waals surface area contributed by atoms with E-state index in [0.717, 1.165) is 22.5 Å². The largest absolute Gasteiger partial charge is 0.464 e. The van der Waals surface area contributed by atoms with Gasteiger partial charge in [0.2, 0.25) is 0 Å². The van der Waals surface area contributed by atoms with Crippen LogP contribution >= 0.6 is 0 Å². The zero-order chi connectivity index (χ0) is 15.4. The summed E-state index contributed by atoms with van der Waals surface area (Å²) in [6.07, 6.45) is 5.42. The quantitative estimate of drug-likeness (QED) is 0.385. The highest BCUT2D eigenvalue weighted by molar-refractivity contribution is 5.79. The molecule has 0 unspecified atom stereocenters. The van der Waals surface area contributed by atoms with Crippen LogP contribution in [0.4, 0.5) is 5.69 Å². The molecule has 0 radical (unpaired) electrons. The Bertz CT molecular complexity index is 820. The molecule has 22 heavy (non-hydrogen) atoms. The van der Waals surface area contributed by atoms with Crippen LogP contribution in [-0.4, -0.2) is 4.92 Å². The van der Waals surface area contributed by atoms with Crippen molar-refractivity contribution in [2.75, 3.05) is 0 Å². The molecule has 0 atom stereocenters. The van der Waals surface area contributed by atoms with E-state index < -0.39 is 4.92 Å². The summed E-state index contributed by atoms with van der Waals surface area (Å²) in [4.78, 5) is 10.4. The third kappa shape index (κ3) is 2.96. The first kappa shape index (κ1) is 13.8. The summed E-state index contributed by atoms with van der Waals surface area (Å²) in [5.74, 6) is 0.791. The second-order valence-electron chi connectivity index (χ2n) is 4.75. The Morgan fingerprint density at radius 1 is 0.955 bits per heavy atom. The molecule has 0 aliphatic carbocycles. The Morgan fingerprint density at radius 2 is 1.82 bits per heavy atom. The number of hydrogen-bond donors (Lipinski definition) is 0. The molecule has 0 saturated heterocycles. The van der Waals surface area contributed by atoms with Crippen LogP contribution in [0.1, 0.15) is 11.1 Å². The maximum atomic E-state index is 10.8. The summed E-state index contributed by atoms with van der Waals surface area (Å²) in [7, 11) is 0. The van der Waals surface area contributed by atoms with Gasteiger partial charge in [0.1, 0.15) is 5.76 Å². The maximum Gasteiger partial charge on any atom is 0.270 e. The number of benzene rings is 2. The van der Waals surface area contributed by atoms with Crippen molar-refractivity contribution in [3.63, 3.8) is 0 Å². The maximum absolute atomic E-state index is 10.8. The van der Waals surface area contributed by atoms with E-state index >= 15 is 0 Å². The van der Waals surface area contributed by atoms with Crippen molar-refractivity contribution in [1.29, 1.82) is 0 Å². The Balaban J connectivity index is 1.94. The second kappa shape index (κ2) is 6.10. The average Bonchev–Trinajstić information content (AvgIpc) is 3.08. The zero-order valence-electron chi connectivity index (χ0n) is 11.7. The Kier molecular flexibility index (Phi) is 3.83. The summed E-state index contributed by atoms with van der Waals surface area (Å²) in [6.45, 7) is 0. The van der Waals surface area contributed by atoms with Gasteiger partial charge in [0.25, 0.3) is 5.69 Å². The Morgan fingerprint density at radius 3 is 2.59 bits per heavy atom. The van der Waals surface area contributed by atoms with Gasteiger partial charge in [-0.25, -0.2) is 0 Å². The van der Waals surface area contributed by atoms with E-state index in [0.29, 0.717) is 0 Å². The normalized spacial score (nSPS) is 10.9. The van der Waals surface area contributed by atoms with E-state index in [-0.39, 0.29) is 5.69 Å². The van der Waals surface area contributed by atoms with Gasteiger partial charge in [0.15, 0.2) is 0 Å². The van der Waals surface area contributed by atoms with Crippen LogP contribution in [0.5, 0.6) is 0 Å². The van der Waals surface area contributed by atoms with Crippen molar-refractivity contribution in [3.05, 3.63) is 88.2 Å². The van der Waals surface area contributed by atoms with Crippen LogP contribution in [0.3, 0.4) is 0 Å². The summed E-state index contributed by atoms with van der Waals surface area (Å²) in [6, 6.07) is 18.1. The topological polar surface area (TPSA) is 56.3 Å². The van der Waals surface area contributed by atoms with Gasteiger partial charge in [0.05, 0.1) is 11.2 Å². The van der Waals surface area contributed by atoms with Crippen molar-refractivity contribution in [1.82, 2.24) is 0 Å². The molecule has 0 saturated carbocycles. The van der Waals surface area contributed by atoms with Gasteiger partial charge in [-0.15, -0.1) is 0 Å². The summed E-state index contributed by atoms with van der Waals surface area (Å²) in [5.41, 5.74) is 2.84. The fraction of sp³-hybridized carbons (Fsp3) is 0. The zero-order valence-corrected chi connectivity index (χ0v) is 11.7.